The Morgan fingerprint density at radius 3 is 2.14 bits per heavy atom. The molecule has 2 aliphatic rings. The number of cyclic esters (lactones) is 1. The van der Waals surface area contributed by atoms with Gasteiger partial charge in [0.2, 0.25) is 0 Å². The van der Waals surface area contributed by atoms with Crippen LogP contribution in [0.2, 0.25) is 0 Å². The van der Waals surface area contributed by atoms with Crippen LogP contribution in [0.15, 0.2) is 34.9 Å². The maximum absolute atomic E-state index is 13.2. The average molecular weight is 574 g/mol. The van der Waals surface area contributed by atoms with Gasteiger partial charge in [0.25, 0.3) is 5.92 Å². The van der Waals surface area contributed by atoms with Crippen molar-refractivity contribution in [3.8, 4) is 0 Å². The Bertz CT molecular complexity index is 1110. The monoisotopic (exact) mass is 573 g/mol. The number of ether oxygens (including phenoxy) is 1. The third kappa shape index (κ3) is 5.16. The van der Waals surface area contributed by atoms with Crippen molar-refractivity contribution in [2.24, 2.45) is 0 Å². The predicted molar refractivity (Wildman–Crippen MR) is 110 cm³/mol. The van der Waals surface area contributed by atoms with Gasteiger partial charge in [0.05, 0.1) is 36.8 Å². The zero-order chi connectivity index (χ0) is 25.9. The summed E-state index contributed by atoms with van der Waals surface area (Å²) in [6, 6.07) is 1.58. The van der Waals surface area contributed by atoms with E-state index in [-0.39, 0.29) is 18.4 Å². The molecule has 1 aromatic heterocycles. The highest BCUT2D eigenvalue weighted by atomic mass is 79.9. The highest BCUT2D eigenvalue weighted by Gasteiger charge is 2.45. The number of nitrogens with zero attached hydrogens (tertiary/aromatic N) is 3. The summed E-state index contributed by atoms with van der Waals surface area (Å²) in [5, 5.41) is 0. The van der Waals surface area contributed by atoms with Crippen LogP contribution in [-0.2, 0) is 23.6 Å². The maximum Gasteiger partial charge on any atom is 0.416 e. The summed E-state index contributed by atoms with van der Waals surface area (Å²) in [5.74, 6) is -2.60. The number of rotatable bonds is 4. The van der Waals surface area contributed by atoms with Crippen molar-refractivity contribution in [2.45, 2.75) is 43.9 Å². The van der Waals surface area contributed by atoms with E-state index < -0.39 is 66.3 Å². The van der Waals surface area contributed by atoms with Gasteiger partial charge in [-0.05, 0) is 58.2 Å². The summed E-state index contributed by atoms with van der Waals surface area (Å²) in [6.45, 7) is 0.224. The summed E-state index contributed by atoms with van der Waals surface area (Å²) in [6.07, 6.45) is -11.1. The molecule has 2 saturated heterocycles. The fraction of sp³-hybridized carbons (Fsp3) is 0.429. The van der Waals surface area contributed by atoms with Crippen molar-refractivity contribution >= 4 is 27.8 Å². The summed E-state index contributed by atoms with van der Waals surface area (Å²) >= 11 is 3.25. The SMILES string of the molecule is CC1C(c2cc(C(F)(F)F)cc(C(F)(F)F)c2)OC(=O)N1Cc1cc(N2CC(F)(F)C2)ncc1Br. The van der Waals surface area contributed by atoms with E-state index in [4.69, 9.17) is 4.74 Å². The largest absolute Gasteiger partial charge is 0.439 e. The first-order chi connectivity index (χ1) is 16.0. The molecule has 2 aromatic rings. The molecule has 0 bridgehead atoms. The molecule has 1 amide bonds. The van der Waals surface area contributed by atoms with E-state index in [1.165, 1.54) is 24.1 Å². The molecule has 35 heavy (non-hydrogen) atoms. The van der Waals surface area contributed by atoms with Crippen molar-refractivity contribution in [2.75, 3.05) is 18.0 Å². The third-order valence-corrected chi connectivity index (χ3v) is 6.47. The maximum atomic E-state index is 13.2. The molecule has 2 atom stereocenters. The quantitative estimate of drug-likeness (QED) is 0.396. The molecule has 3 heterocycles. The van der Waals surface area contributed by atoms with E-state index in [1.807, 2.05) is 0 Å². The fourth-order valence-electron chi connectivity index (χ4n) is 3.92. The first-order valence-corrected chi connectivity index (χ1v) is 10.9. The number of carbonyl (C=O) groups excluding carboxylic acids is 1. The van der Waals surface area contributed by atoms with Crippen LogP contribution in [-0.4, -0.2) is 41.0 Å². The van der Waals surface area contributed by atoms with E-state index in [2.05, 4.69) is 20.9 Å². The van der Waals surface area contributed by atoms with Crippen LogP contribution in [0, 0.1) is 0 Å². The highest BCUT2D eigenvalue weighted by molar-refractivity contribution is 9.10. The molecule has 0 N–H and O–H groups in total. The number of pyridine rings is 1. The number of halogens is 9. The van der Waals surface area contributed by atoms with E-state index in [0.29, 0.717) is 22.2 Å². The molecule has 0 aliphatic carbocycles. The Morgan fingerprint density at radius 1 is 1.06 bits per heavy atom. The van der Waals surface area contributed by atoms with Gasteiger partial charge in [0.15, 0.2) is 0 Å². The molecule has 0 radical (unpaired) electrons. The van der Waals surface area contributed by atoms with Crippen LogP contribution < -0.4 is 4.90 Å². The number of carbonyl (C=O) groups is 1. The fourth-order valence-corrected chi connectivity index (χ4v) is 4.26. The van der Waals surface area contributed by atoms with Crippen molar-refractivity contribution in [3.05, 3.63) is 57.2 Å². The minimum Gasteiger partial charge on any atom is -0.439 e. The van der Waals surface area contributed by atoms with Gasteiger partial charge in [-0.1, -0.05) is 0 Å². The van der Waals surface area contributed by atoms with Gasteiger partial charge in [-0.3, -0.25) is 4.90 Å². The van der Waals surface area contributed by atoms with Gasteiger partial charge in [-0.25, -0.2) is 18.6 Å². The van der Waals surface area contributed by atoms with Gasteiger partial charge < -0.3 is 9.64 Å². The second-order valence-corrected chi connectivity index (χ2v) is 9.21. The third-order valence-electron chi connectivity index (χ3n) is 5.76. The molecule has 2 aliphatic heterocycles. The van der Waals surface area contributed by atoms with Crippen LogP contribution in [0.25, 0.3) is 0 Å². The van der Waals surface area contributed by atoms with Crippen molar-refractivity contribution in [3.63, 3.8) is 0 Å². The van der Waals surface area contributed by atoms with Gasteiger partial charge >= 0.3 is 18.4 Å². The standard InChI is InChI=1S/C21H16BrF8N3O2/c1-10-17(11-2-13(20(25,26)27)5-14(3-11)21(28,29)30)35-18(34)33(10)7-12-4-16(31-6-15(12)22)32-8-19(23,24)9-32/h2-6,10,17H,7-9H2,1H3. The normalized spacial score (nSPS) is 22.3. The second-order valence-electron chi connectivity index (χ2n) is 8.36. The minimum absolute atomic E-state index is 0.00235. The van der Waals surface area contributed by atoms with Gasteiger partial charge in [0, 0.05) is 10.7 Å². The topological polar surface area (TPSA) is 45.7 Å². The number of benzene rings is 1. The molecule has 2 fully saturated rings. The highest BCUT2D eigenvalue weighted by Crippen LogP contribution is 2.41. The number of anilines is 1. The van der Waals surface area contributed by atoms with Gasteiger partial charge in [-0.15, -0.1) is 0 Å². The van der Waals surface area contributed by atoms with Crippen molar-refractivity contribution in [1.82, 2.24) is 9.88 Å². The lowest BCUT2D eigenvalue weighted by Gasteiger charge is -2.39. The second kappa shape index (κ2) is 8.49. The van der Waals surface area contributed by atoms with Crippen LogP contribution in [0.5, 0.6) is 0 Å². The first-order valence-electron chi connectivity index (χ1n) is 10.1. The molecule has 14 heteroatoms. The van der Waals surface area contributed by atoms with Crippen LogP contribution in [0.4, 0.5) is 45.7 Å². The smallest absolute Gasteiger partial charge is 0.416 e. The van der Waals surface area contributed by atoms with Crippen molar-refractivity contribution < 1.29 is 44.7 Å². The lowest BCUT2D eigenvalue weighted by atomic mass is 9.97. The van der Waals surface area contributed by atoms with E-state index >= 15 is 0 Å². The van der Waals surface area contributed by atoms with E-state index in [1.54, 1.807) is 0 Å². The molecule has 1 aromatic carbocycles. The average Bonchev–Trinajstić information content (AvgIpc) is 3.00. The van der Waals surface area contributed by atoms with Crippen LogP contribution in [0.1, 0.15) is 35.3 Å². The summed E-state index contributed by atoms with van der Waals surface area (Å²) in [7, 11) is 0. The molecule has 0 spiro atoms. The Kier molecular flexibility index (Phi) is 6.17. The molecular weight excluding hydrogens is 558 g/mol. The van der Waals surface area contributed by atoms with Crippen LogP contribution >= 0.6 is 15.9 Å². The summed E-state index contributed by atoms with van der Waals surface area (Å²) in [4.78, 5) is 19.1. The summed E-state index contributed by atoms with van der Waals surface area (Å²) in [5.41, 5.74) is -3.05. The molecule has 0 saturated carbocycles. The number of hydrogen-bond donors (Lipinski definition) is 0. The Hall–Kier alpha value is -2.64. The molecular formula is C21H16BrF8N3O2. The zero-order valence-corrected chi connectivity index (χ0v) is 19.3. The molecule has 2 unspecified atom stereocenters. The van der Waals surface area contributed by atoms with Gasteiger partial charge in [0.1, 0.15) is 11.9 Å². The molecule has 190 valence electrons. The number of aromatic nitrogens is 1. The zero-order valence-electron chi connectivity index (χ0n) is 17.7. The first kappa shape index (κ1) is 25.5. The Morgan fingerprint density at radius 2 is 1.63 bits per heavy atom. The predicted octanol–water partition coefficient (Wildman–Crippen LogP) is 6.42. The molecule has 4 rings (SSSR count). The van der Waals surface area contributed by atoms with Gasteiger partial charge in [-0.2, -0.15) is 26.3 Å². The van der Waals surface area contributed by atoms with Crippen molar-refractivity contribution in [1.29, 1.82) is 0 Å². The number of hydrogen-bond acceptors (Lipinski definition) is 4. The lowest BCUT2D eigenvalue weighted by molar-refractivity contribution is -0.143. The Balaban J connectivity index is 1.61. The minimum atomic E-state index is -5.05. The lowest BCUT2D eigenvalue weighted by Crippen LogP contribution is -2.56. The van der Waals surface area contributed by atoms with E-state index in [0.717, 1.165) is 4.90 Å². The number of alkyl halides is 8. The van der Waals surface area contributed by atoms with Crippen LogP contribution in [0.3, 0.4) is 0 Å². The summed E-state index contributed by atoms with van der Waals surface area (Å²) < 4.78 is 111. The Labute approximate surface area is 201 Å². The van der Waals surface area contributed by atoms with E-state index in [9.17, 15) is 39.9 Å². The number of amides is 1. The molecule has 5 nitrogen and oxygen atoms in total.